The van der Waals surface area contributed by atoms with E-state index in [1.54, 1.807) is 0 Å². The molecule has 0 unspecified atom stereocenters. The molecule has 0 radical (unpaired) electrons. The predicted molar refractivity (Wildman–Crippen MR) is 288 cm³/mol. The number of furan rings is 1. The van der Waals surface area contributed by atoms with E-state index in [1.807, 2.05) is 0 Å². The van der Waals surface area contributed by atoms with Gasteiger partial charge < -0.3 is 13.8 Å². The first-order chi connectivity index (χ1) is 32.5. The highest BCUT2D eigenvalue weighted by Crippen LogP contribution is 2.56. The van der Waals surface area contributed by atoms with Crippen LogP contribution < -0.4 is 15.7 Å². The number of hydrogen-bond acceptors (Lipinski definition) is 2. The molecule has 0 saturated carbocycles. The molecular formula is C64H55BN2O. The van der Waals surface area contributed by atoms with E-state index >= 15 is 0 Å². The Labute approximate surface area is 400 Å². The third kappa shape index (κ3) is 5.16. The number of aromatic nitrogens is 1. The monoisotopic (exact) mass is 878 g/mol. The van der Waals surface area contributed by atoms with Gasteiger partial charge in [0.2, 0.25) is 0 Å². The van der Waals surface area contributed by atoms with Crippen LogP contribution in [-0.4, -0.2) is 11.4 Å². The van der Waals surface area contributed by atoms with Gasteiger partial charge in [0.25, 0.3) is 0 Å². The van der Waals surface area contributed by atoms with Crippen LogP contribution in [0.25, 0.3) is 83.2 Å². The second-order valence-electron chi connectivity index (χ2n) is 23.4. The van der Waals surface area contributed by atoms with E-state index in [9.17, 15) is 0 Å². The quantitative estimate of drug-likeness (QED) is 0.161. The molecule has 0 N–H and O–H groups in total. The summed E-state index contributed by atoms with van der Waals surface area (Å²) in [6.45, 7) is 23.5. The maximum Gasteiger partial charge on any atom is 0.333 e. The van der Waals surface area contributed by atoms with Crippen molar-refractivity contribution < 1.29 is 4.42 Å². The van der Waals surface area contributed by atoms with Crippen molar-refractivity contribution in [3.8, 4) is 50.4 Å². The summed E-state index contributed by atoms with van der Waals surface area (Å²) in [7, 11) is 0. The average Bonchev–Trinajstić information content (AvgIpc) is 4.02. The molecule has 0 saturated heterocycles. The van der Waals surface area contributed by atoms with Gasteiger partial charge in [-0.05, 0) is 125 Å². The van der Waals surface area contributed by atoms with Crippen LogP contribution in [0, 0.1) is 0 Å². The minimum atomic E-state index is -0.174. The van der Waals surface area contributed by atoms with Gasteiger partial charge in [-0.25, -0.2) is 0 Å². The molecule has 2 aliphatic carbocycles. The highest BCUT2D eigenvalue weighted by atomic mass is 16.3. The summed E-state index contributed by atoms with van der Waals surface area (Å²) >= 11 is 0. The van der Waals surface area contributed by atoms with Crippen molar-refractivity contribution in [3.05, 3.63) is 185 Å². The maximum atomic E-state index is 6.87. The molecule has 8 aromatic carbocycles. The van der Waals surface area contributed by atoms with Crippen molar-refractivity contribution >= 4 is 61.9 Å². The van der Waals surface area contributed by atoms with Crippen LogP contribution in [0.15, 0.2) is 156 Å². The lowest BCUT2D eigenvalue weighted by Gasteiger charge is -2.42. The van der Waals surface area contributed by atoms with Crippen LogP contribution in [0.2, 0.25) is 0 Å². The molecule has 4 heterocycles. The third-order valence-electron chi connectivity index (χ3n) is 16.7. The third-order valence-corrected chi connectivity index (χ3v) is 16.7. The minimum absolute atomic E-state index is 0.0240. The summed E-state index contributed by atoms with van der Waals surface area (Å²) in [6, 6.07) is 58.5. The van der Waals surface area contributed by atoms with E-state index in [-0.39, 0.29) is 28.5 Å². The fraction of sp³-hybridized carbons (Fsp3) is 0.219. The maximum absolute atomic E-state index is 6.87. The van der Waals surface area contributed by atoms with E-state index < -0.39 is 0 Å². The van der Waals surface area contributed by atoms with Gasteiger partial charge in [-0.1, -0.05) is 172 Å². The molecule has 0 atom stereocenters. The van der Waals surface area contributed by atoms with Gasteiger partial charge in [0.05, 0.1) is 11.0 Å². The molecule has 0 bridgehead atoms. The number of nitrogens with zero attached hydrogens (tertiary/aromatic N) is 2. The van der Waals surface area contributed by atoms with Crippen LogP contribution in [0.1, 0.15) is 103 Å². The normalized spacial score (nSPS) is 15.7. The molecule has 68 heavy (non-hydrogen) atoms. The Hall–Kier alpha value is -7.04. The van der Waals surface area contributed by atoms with Gasteiger partial charge in [0, 0.05) is 61.2 Å². The summed E-state index contributed by atoms with van der Waals surface area (Å²) in [5, 5.41) is 3.69. The van der Waals surface area contributed by atoms with Crippen LogP contribution in [-0.2, 0) is 21.7 Å². The second kappa shape index (κ2) is 12.9. The van der Waals surface area contributed by atoms with E-state index in [0.717, 1.165) is 22.3 Å². The van der Waals surface area contributed by atoms with Gasteiger partial charge in [0.15, 0.2) is 0 Å². The lowest BCUT2D eigenvalue weighted by atomic mass is 9.44. The van der Waals surface area contributed by atoms with Crippen LogP contribution in [0.3, 0.4) is 0 Å². The van der Waals surface area contributed by atoms with Gasteiger partial charge in [-0.3, -0.25) is 0 Å². The SMILES string of the molecule is CC(C)(C)c1ccc(N2B3c4cc5cc(-c6ccccc6)oc5cc4-n4c5cc6c(cc5c5ccc(c3c54)-c3cc4c(cc32)-c2ccc(C(C)(C)C)cc2C4(C)C)-c2ccccc2C6(C)C)cc1. The molecule has 3 nitrogen and oxygen atoms in total. The fourth-order valence-electron chi connectivity index (χ4n) is 13.0. The largest absolute Gasteiger partial charge is 0.456 e. The first kappa shape index (κ1) is 40.1. The van der Waals surface area contributed by atoms with Crippen molar-refractivity contribution in [1.29, 1.82) is 0 Å². The lowest BCUT2D eigenvalue weighted by Crippen LogP contribution is -2.60. The zero-order valence-corrected chi connectivity index (χ0v) is 40.8. The first-order valence-electron chi connectivity index (χ1n) is 24.6. The molecule has 0 amide bonds. The number of rotatable bonds is 2. The van der Waals surface area contributed by atoms with Crippen molar-refractivity contribution in [1.82, 2.24) is 4.57 Å². The molecule has 10 aromatic rings. The van der Waals surface area contributed by atoms with E-state index in [4.69, 9.17) is 4.42 Å². The summed E-state index contributed by atoms with van der Waals surface area (Å²) in [5.41, 5.74) is 26.8. The Morgan fingerprint density at radius 3 is 1.90 bits per heavy atom. The smallest absolute Gasteiger partial charge is 0.333 e. The second-order valence-corrected chi connectivity index (χ2v) is 23.4. The van der Waals surface area contributed by atoms with Gasteiger partial charge >= 0.3 is 6.85 Å². The van der Waals surface area contributed by atoms with Crippen LogP contribution in [0.5, 0.6) is 0 Å². The number of benzene rings is 8. The standard InChI is InChI=1S/C64H55BN2O/c1-61(2,3)38-20-23-40(24-21-38)67-55-33-46-42-25-22-39(62(4,5)6)30-50(42)64(9,10)51(46)32-48(55)43-26-27-44-47-31-45-41-18-14-15-19-49(41)63(7,8)52(45)34-54(47)66-56-35-58-37(28-53(56)65(67)59(43)60(44)66)29-57(68-58)36-16-12-11-13-17-36/h11-35H,1-10H3. The van der Waals surface area contributed by atoms with E-state index in [0.29, 0.717) is 0 Å². The van der Waals surface area contributed by atoms with Crippen molar-refractivity contribution in [2.75, 3.05) is 4.81 Å². The highest BCUT2D eigenvalue weighted by Gasteiger charge is 2.47. The van der Waals surface area contributed by atoms with Crippen molar-refractivity contribution in [2.24, 2.45) is 0 Å². The molecule has 4 heteroatoms. The zero-order valence-electron chi connectivity index (χ0n) is 40.8. The molecule has 330 valence electrons. The summed E-state index contributed by atoms with van der Waals surface area (Å²) in [6.07, 6.45) is 0. The summed E-state index contributed by atoms with van der Waals surface area (Å²) < 4.78 is 9.48. The first-order valence-corrected chi connectivity index (χ1v) is 24.6. The Morgan fingerprint density at radius 1 is 0.485 bits per heavy atom. The lowest BCUT2D eigenvalue weighted by molar-refractivity contribution is 0.584. The molecule has 0 fully saturated rings. The minimum Gasteiger partial charge on any atom is -0.456 e. The predicted octanol–water partition coefficient (Wildman–Crippen LogP) is 15.6. The van der Waals surface area contributed by atoms with Crippen molar-refractivity contribution in [2.45, 2.75) is 90.9 Å². The zero-order chi connectivity index (χ0) is 46.6. The van der Waals surface area contributed by atoms with Crippen molar-refractivity contribution in [3.63, 3.8) is 0 Å². The summed E-state index contributed by atoms with van der Waals surface area (Å²) in [4.78, 5) is 2.70. The Kier molecular flexibility index (Phi) is 7.62. The average molecular weight is 879 g/mol. The number of anilines is 2. The molecule has 14 rings (SSSR count). The molecule has 0 spiro atoms. The Bertz CT molecular complexity index is 3870. The number of fused-ring (bicyclic) bond motifs is 15. The molecule has 2 aliphatic heterocycles. The van der Waals surface area contributed by atoms with E-state index in [2.05, 4.69) is 230 Å². The highest BCUT2D eigenvalue weighted by molar-refractivity contribution is 6.93. The van der Waals surface area contributed by atoms with E-state index in [1.165, 1.54) is 117 Å². The molecule has 4 aliphatic rings. The van der Waals surface area contributed by atoms with Crippen LogP contribution >= 0.6 is 0 Å². The van der Waals surface area contributed by atoms with Crippen LogP contribution in [0.4, 0.5) is 11.4 Å². The Morgan fingerprint density at radius 2 is 1.13 bits per heavy atom. The Balaban J connectivity index is 1.11. The topological polar surface area (TPSA) is 21.3 Å². The van der Waals surface area contributed by atoms with Gasteiger partial charge in [0.1, 0.15) is 11.3 Å². The number of hydrogen-bond donors (Lipinski definition) is 0. The van der Waals surface area contributed by atoms with Gasteiger partial charge in [-0.2, -0.15) is 0 Å². The fourth-order valence-corrected chi connectivity index (χ4v) is 13.0. The van der Waals surface area contributed by atoms with Gasteiger partial charge in [-0.15, -0.1) is 0 Å². The summed E-state index contributed by atoms with van der Waals surface area (Å²) in [5.74, 6) is 0.885. The molecular weight excluding hydrogens is 824 g/mol. The molecule has 2 aromatic heterocycles.